The first-order valence-electron chi connectivity index (χ1n) is 4.10. The number of nitrogens with zero attached hydrogens (tertiary/aromatic N) is 1. The monoisotopic (exact) mass is 269 g/mol. The molecule has 1 rings (SSSR count). The molecule has 6 heteroatoms. The summed E-state index contributed by atoms with van der Waals surface area (Å²) in [5.74, 6) is -0.0763. The molecule has 76 valence electrons. The summed E-state index contributed by atoms with van der Waals surface area (Å²) < 4.78 is 23.5. The molecule has 0 N–H and O–H groups in total. The standard InChI is InChI=1S/C7H12BrNO3S/c1-2-6-3-7(10)9(4-6)13(11,12)5-8/h6H,2-5H2,1H3. The number of carbonyl (C=O) groups excluding carboxylic acids is 1. The average molecular weight is 270 g/mol. The molecule has 0 radical (unpaired) electrons. The number of hydrogen-bond acceptors (Lipinski definition) is 3. The first kappa shape index (κ1) is 11.0. The molecule has 0 bridgehead atoms. The van der Waals surface area contributed by atoms with Gasteiger partial charge in [-0.15, -0.1) is 0 Å². The average Bonchev–Trinajstić information content (AvgIpc) is 2.47. The van der Waals surface area contributed by atoms with Crippen molar-refractivity contribution in [1.82, 2.24) is 4.31 Å². The van der Waals surface area contributed by atoms with Gasteiger partial charge in [-0.1, -0.05) is 29.3 Å². The Morgan fingerprint density at radius 1 is 1.62 bits per heavy atom. The van der Waals surface area contributed by atoms with Crippen molar-refractivity contribution < 1.29 is 13.2 Å². The molecule has 1 fully saturated rings. The fourth-order valence-corrected chi connectivity index (χ4v) is 3.03. The number of rotatable bonds is 3. The van der Waals surface area contributed by atoms with Crippen LogP contribution in [0.3, 0.4) is 0 Å². The van der Waals surface area contributed by atoms with Gasteiger partial charge in [-0.3, -0.25) is 4.79 Å². The molecule has 0 saturated carbocycles. The van der Waals surface area contributed by atoms with Crippen molar-refractivity contribution in [1.29, 1.82) is 0 Å². The van der Waals surface area contributed by atoms with E-state index < -0.39 is 10.0 Å². The van der Waals surface area contributed by atoms with E-state index in [1.165, 1.54) is 0 Å². The van der Waals surface area contributed by atoms with Crippen LogP contribution in [0.1, 0.15) is 19.8 Å². The molecule has 1 aliphatic heterocycles. The van der Waals surface area contributed by atoms with Gasteiger partial charge in [0.1, 0.15) is 4.66 Å². The molecule has 4 nitrogen and oxygen atoms in total. The van der Waals surface area contributed by atoms with E-state index in [-0.39, 0.29) is 16.5 Å². The van der Waals surface area contributed by atoms with Gasteiger partial charge in [0, 0.05) is 13.0 Å². The van der Waals surface area contributed by atoms with Gasteiger partial charge in [-0.05, 0) is 5.92 Å². The zero-order valence-electron chi connectivity index (χ0n) is 7.36. The predicted molar refractivity (Wildman–Crippen MR) is 52.8 cm³/mol. The maximum absolute atomic E-state index is 11.3. The summed E-state index contributed by atoms with van der Waals surface area (Å²) in [6.07, 6.45) is 1.21. The van der Waals surface area contributed by atoms with E-state index in [0.717, 1.165) is 10.7 Å². The second-order valence-electron chi connectivity index (χ2n) is 3.12. The van der Waals surface area contributed by atoms with Crippen molar-refractivity contribution in [2.45, 2.75) is 19.8 Å². The first-order valence-corrected chi connectivity index (χ1v) is 6.83. The molecule has 1 atom stereocenters. The number of amides is 1. The lowest BCUT2D eigenvalue weighted by Crippen LogP contribution is -2.32. The number of alkyl halides is 1. The Hall–Kier alpha value is -0.100. The van der Waals surface area contributed by atoms with E-state index in [9.17, 15) is 13.2 Å². The SMILES string of the molecule is CCC1CC(=O)N(S(=O)(=O)CBr)C1. The summed E-state index contributed by atoms with van der Waals surface area (Å²) in [5.41, 5.74) is 0. The molecule has 1 saturated heterocycles. The fraction of sp³-hybridized carbons (Fsp3) is 0.857. The highest BCUT2D eigenvalue weighted by Gasteiger charge is 2.35. The van der Waals surface area contributed by atoms with E-state index in [0.29, 0.717) is 13.0 Å². The van der Waals surface area contributed by atoms with Crippen LogP contribution in [0.15, 0.2) is 0 Å². The highest BCUT2D eigenvalue weighted by Crippen LogP contribution is 2.23. The van der Waals surface area contributed by atoms with Crippen LogP contribution in [0.5, 0.6) is 0 Å². The Bertz CT molecular complexity index is 301. The molecule has 0 spiro atoms. The van der Waals surface area contributed by atoms with E-state index in [2.05, 4.69) is 15.9 Å². The van der Waals surface area contributed by atoms with Crippen LogP contribution in [0.2, 0.25) is 0 Å². The Morgan fingerprint density at radius 2 is 2.23 bits per heavy atom. The fourth-order valence-electron chi connectivity index (χ4n) is 1.35. The van der Waals surface area contributed by atoms with Crippen molar-refractivity contribution in [3.8, 4) is 0 Å². The number of sulfonamides is 1. The zero-order chi connectivity index (χ0) is 10.1. The quantitative estimate of drug-likeness (QED) is 0.717. The lowest BCUT2D eigenvalue weighted by Gasteiger charge is -2.14. The second kappa shape index (κ2) is 3.96. The number of hydrogen-bond donors (Lipinski definition) is 0. The third kappa shape index (κ3) is 2.22. The van der Waals surface area contributed by atoms with Gasteiger partial charge in [0.2, 0.25) is 15.9 Å². The Labute approximate surface area is 86.5 Å². The van der Waals surface area contributed by atoms with Crippen molar-refractivity contribution in [3.05, 3.63) is 0 Å². The summed E-state index contributed by atoms with van der Waals surface area (Å²) >= 11 is 2.87. The molecule has 0 aromatic rings. The van der Waals surface area contributed by atoms with E-state index in [4.69, 9.17) is 0 Å². The molecule has 1 amide bonds. The van der Waals surface area contributed by atoms with E-state index >= 15 is 0 Å². The van der Waals surface area contributed by atoms with E-state index in [1.807, 2.05) is 6.92 Å². The van der Waals surface area contributed by atoms with Crippen LogP contribution in [0, 0.1) is 5.92 Å². The largest absolute Gasteiger partial charge is 0.274 e. The third-order valence-corrected chi connectivity index (χ3v) is 5.25. The molecular weight excluding hydrogens is 258 g/mol. The maximum Gasteiger partial charge on any atom is 0.247 e. The van der Waals surface area contributed by atoms with Gasteiger partial charge in [-0.25, -0.2) is 12.7 Å². The number of carbonyl (C=O) groups is 1. The van der Waals surface area contributed by atoms with Gasteiger partial charge < -0.3 is 0 Å². The lowest BCUT2D eigenvalue weighted by molar-refractivity contribution is -0.123. The predicted octanol–water partition coefficient (Wildman–Crippen LogP) is 0.927. The van der Waals surface area contributed by atoms with Gasteiger partial charge in [0.15, 0.2) is 0 Å². The Morgan fingerprint density at radius 3 is 2.62 bits per heavy atom. The van der Waals surface area contributed by atoms with Gasteiger partial charge in [0.25, 0.3) is 0 Å². The van der Waals surface area contributed by atoms with Crippen molar-refractivity contribution >= 4 is 31.9 Å². The van der Waals surface area contributed by atoms with Gasteiger partial charge in [-0.2, -0.15) is 0 Å². The summed E-state index contributed by atoms with van der Waals surface area (Å²) in [6.45, 7) is 2.31. The normalized spacial score (nSPS) is 24.0. The van der Waals surface area contributed by atoms with Crippen LogP contribution in [0.4, 0.5) is 0 Å². The highest BCUT2D eigenvalue weighted by molar-refractivity contribution is 9.10. The molecule has 1 unspecified atom stereocenters. The minimum absolute atomic E-state index is 0.178. The molecule has 1 aliphatic rings. The van der Waals surface area contributed by atoms with Crippen LogP contribution in [-0.4, -0.2) is 29.8 Å². The smallest absolute Gasteiger partial charge is 0.247 e. The van der Waals surface area contributed by atoms with Crippen molar-refractivity contribution in [2.75, 3.05) is 11.2 Å². The topological polar surface area (TPSA) is 54.5 Å². The number of halogens is 1. The van der Waals surface area contributed by atoms with Crippen LogP contribution >= 0.6 is 15.9 Å². The van der Waals surface area contributed by atoms with Crippen LogP contribution in [-0.2, 0) is 14.8 Å². The minimum atomic E-state index is -3.39. The molecular formula is C7H12BrNO3S. The van der Waals surface area contributed by atoms with Crippen molar-refractivity contribution in [2.24, 2.45) is 5.92 Å². The van der Waals surface area contributed by atoms with Crippen LogP contribution < -0.4 is 0 Å². The zero-order valence-corrected chi connectivity index (χ0v) is 9.77. The Balaban J connectivity index is 2.79. The molecule has 1 heterocycles. The second-order valence-corrected chi connectivity index (χ2v) is 6.32. The van der Waals surface area contributed by atoms with E-state index in [1.54, 1.807) is 0 Å². The molecule has 0 aliphatic carbocycles. The summed E-state index contributed by atoms with van der Waals surface area (Å²) in [6, 6.07) is 0. The van der Waals surface area contributed by atoms with Crippen LogP contribution in [0.25, 0.3) is 0 Å². The van der Waals surface area contributed by atoms with Gasteiger partial charge >= 0.3 is 0 Å². The van der Waals surface area contributed by atoms with Crippen molar-refractivity contribution in [3.63, 3.8) is 0 Å². The minimum Gasteiger partial charge on any atom is -0.274 e. The summed E-state index contributed by atoms with van der Waals surface area (Å²) in [4.78, 5) is 11.3. The third-order valence-electron chi connectivity index (χ3n) is 2.22. The first-order chi connectivity index (χ1) is 6.01. The maximum atomic E-state index is 11.3. The Kier molecular flexibility index (Phi) is 3.34. The van der Waals surface area contributed by atoms with Gasteiger partial charge in [0.05, 0.1) is 0 Å². The molecule has 0 aromatic carbocycles. The molecule has 13 heavy (non-hydrogen) atoms. The summed E-state index contributed by atoms with van der Waals surface area (Å²) in [7, 11) is -3.39. The highest BCUT2D eigenvalue weighted by atomic mass is 79.9. The summed E-state index contributed by atoms with van der Waals surface area (Å²) in [5, 5.41) is 0. The molecule has 0 aromatic heterocycles. The lowest BCUT2D eigenvalue weighted by atomic mass is 10.1.